The molecule has 80 valence electrons. The average Bonchev–Trinajstić information content (AvgIpc) is 2.32. The lowest BCUT2D eigenvalue weighted by molar-refractivity contribution is 0.226. The normalized spacial score (nSPS) is 17.5. The molecule has 15 heavy (non-hydrogen) atoms. The highest BCUT2D eigenvalue weighted by atomic mass is 32.1. The SMILES string of the molecule is S=CNN1CCN(c2ccccc2)CC1. The first kappa shape index (κ1) is 10.4. The van der Waals surface area contributed by atoms with Crippen molar-refractivity contribution in [3.8, 4) is 0 Å². The number of nitrogens with one attached hydrogen (secondary N) is 1. The van der Waals surface area contributed by atoms with Crippen LogP contribution in [0.4, 0.5) is 5.69 Å². The van der Waals surface area contributed by atoms with Crippen molar-refractivity contribution in [1.29, 1.82) is 0 Å². The van der Waals surface area contributed by atoms with Crippen LogP contribution in [0.5, 0.6) is 0 Å². The lowest BCUT2D eigenvalue weighted by Gasteiger charge is -2.35. The van der Waals surface area contributed by atoms with E-state index in [-0.39, 0.29) is 0 Å². The van der Waals surface area contributed by atoms with Crippen molar-refractivity contribution in [2.45, 2.75) is 0 Å². The van der Waals surface area contributed by atoms with Gasteiger partial charge in [0, 0.05) is 31.9 Å². The molecule has 1 saturated heterocycles. The molecule has 1 N–H and O–H groups in total. The second-order valence-electron chi connectivity index (χ2n) is 3.56. The Bertz CT molecular complexity index is 307. The molecule has 1 fully saturated rings. The van der Waals surface area contributed by atoms with E-state index in [0.29, 0.717) is 0 Å². The first-order valence-electron chi connectivity index (χ1n) is 5.15. The summed E-state index contributed by atoms with van der Waals surface area (Å²) >= 11 is 4.76. The van der Waals surface area contributed by atoms with Gasteiger partial charge in [0.15, 0.2) is 0 Å². The van der Waals surface area contributed by atoms with Crippen LogP contribution in [-0.2, 0) is 0 Å². The minimum absolute atomic E-state index is 1.00. The summed E-state index contributed by atoms with van der Waals surface area (Å²) in [4.78, 5) is 2.39. The summed E-state index contributed by atoms with van der Waals surface area (Å²) < 4.78 is 0. The molecule has 0 unspecified atom stereocenters. The van der Waals surface area contributed by atoms with E-state index in [0.717, 1.165) is 26.2 Å². The maximum Gasteiger partial charge on any atom is 0.0759 e. The summed E-state index contributed by atoms with van der Waals surface area (Å²) in [5, 5.41) is 2.15. The third kappa shape index (κ3) is 2.67. The zero-order chi connectivity index (χ0) is 10.5. The minimum atomic E-state index is 1.00. The van der Waals surface area contributed by atoms with E-state index >= 15 is 0 Å². The Kier molecular flexibility index (Phi) is 3.53. The Morgan fingerprint density at radius 2 is 1.73 bits per heavy atom. The third-order valence-corrected chi connectivity index (χ3v) is 2.74. The van der Waals surface area contributed by atoms with Crippen molar-refractivity contribution in [2.75, 3.05) is 31.1 Å². The summed E-state index contributed by atoms with van der Waals surface area (Å²) in [6.07, 6.45) is 0. The van der Waals surface area contributed by atoms with Gasteiger partial charge in [0.25, 0.3) is 0 Å². The molecule has 0 aromatic heterocycles. The van der Waals surface area contributed by atoms with Crippen molar-refractivity contribution in [2.24, 2.45) is 0 Å². The maximum atomic E-state index is 4.76. The highest BCUT2D eigenvalue weighted by molar-refractivity contribution is 7.78. The van der Waals surface area contributed by atoms with Crippen LogP contribution >= 0.6 is 12.2 Å². The van der Waals surface area contributed by atoms with E-state index in [1.54, 1.807) is 5.49 Å². The lowest BCUT2D eigenvalue weighted by atomic mass is 10.2. The lowest BCUT2D eigenvalue weighted by Crippen LogP contribution is -2.51. The second kappa shape index (κ2) is 5.09. The molecule has 0 bridgehead atoms. The number of benzene rings is 1. The van der Waals surface area contributed by atoms with Crippen LogP contribution < -0.4 is 10.3 Å². The van der Waals surface area contributed by atoms with E-state index in [9.17, 15) is 0 Å². The number of hydrogen-bond acceptors (Lipinski definition) is 3. The number of thiocarbonyl (C=S) groups is 1. The Balaban J connectivity index is 1.91. The summed E-state index contributed by atoms with van der Waals surface area (Å²) in [5.74, 6) is 0. The van der Waals surface area contributed by atoms with Crippen LogP contribution in [0.1, 0.15) is 0 Å². The van der Waals surface area contributed by atoms with Crippen molar-refractivity contribution in [1.82, 2.24) is 10.4 Å². The van der Waals surface area contributed by atoms with E-state index in [4.69, 9.17) is 12.2 Å². The fraction of sp³-hybridized carbons (Fsp3) is 0.364. The van der Waals surface area contributed by atoms with Crippen LogP contribution in [0.2, 0.25) is 0 Å². The highest BCUT2D eigenvalue weighted by Crippen LogP contribution is 2.14. The van der Waals surface area contributed by atoms with E-state index in [2.05, 4.69) is 39.6 Å². The number of anilines is 1. The maximum absolute atomic E-state index is 4.76. The molecule has 0 atom stereocenters. The van der Waals surface area contributed by atoms with Gasteiger partial charge in [-0.1, -0.05) is 30.4 Å². The van der Waals surface area contributed by atoms with Gasteiger partial charge in [-0.25, -0.2) is 5.01 Å². The molecule has 0 saturated carbocycles. The molecule has 1 heterocycles. The Labute approximate surface area is 95.6 Å². The summed E-state index contributed by atoms with van der Waals surface area (Å²) in [5.41, 5.74) is 5.93. The van der Waals surface area contributed by atoms with Gasteiger partial charge in [0.1, 0.15) is 0 Å². The van der Waals surface area contributed by atoms with Gasteiger partial charge in [-0.3, -0.25) is 0 Å². The number of nitrogens with zero attached hydrogens (tertiary/aromatic N) is 2. The molecular weight excluding hydrogens is 206 g/mol. The standard InChI is InChI=1S/C11H15N3S/c15-10-12-14-8-6-13(7-9-14)11-4-2-1-3-5-11/h1-5,10H,6-9H2,(H,12,15). The number of hydrogen-bond donors (Lipinski definition) is 1. The Morgan fingerprint density at radius 1 is 1.07 bits per heavy atom. The smallest absolute Gasteiger partial charge is 0.0759 e. The van der Waals surface area contributed by atoms with E-state index < -0.39 is 0 Å². The van der Waals surface area contributed by atoms with Gasteiger partial charge in [-0.2, -0.15) is 0 Å². The van der Waals surface area contributed by atoms with Gasteiger partial charge >= 0.3 is 0 Å². The average molecular weight is 221 g/mol. The van der Waals surface area contributed by atoms with Crippen molar-refractivity contribution in [3.63, 3.8) is 0 Å². The first-order chi connectivity index (χ1) is 7.40. The third-order valence-electron chi connectivity index (χ3n) is 2.64. The highest BCUT2D eigenvalue weighted by Gasteiger charge is 2.15. The topological polar surface area (TPSA) is 18.5 Å². The van der Waals surface area contributed by atoms with Gasteiger partial charge in [0.2, 0.25) is 0 Å². The minimum Gasteiger partial charge on any atom is -0.369 e. The van der Waals surface area contributed by atoms with Crippen molar-refractivity contribution in [3.05, 3.63) is 30.3 Å². The van der Waals surface area contributed by atoms with Gasteiger partial charge < -0.3 is 10.3 Å². The summed E-state index contributed by atoms with van der Waals surface area (Å²) in [6, 6.07) is 10.5. The molecule has 0 aliphatic carbocycles. The van der Waals surface area contributed by atoms with Crippen LogP contribution in [0.15, 0.2) is 30.3 Å². The molecule has 2 rings (SSSR count). The Morgan fingerprint density at radius 3 is 2.33 bits per heavy atom. The zero-order valence-electron chi connectivity index (χ0n) is 8.60. The number of hydrazine groups is 1. The van der Waals surface area contributed by atoms with Crippen LogP contribution in [0.25, 0.3) is 0 Å². The number of piperazine rings is 1. The second-order valence-corrected chi connectivity index (χ2v) is 3.79. The van der Waals surface area contributed by atoms with Gasteiger partial charge in [-0.15, -0.1) is 0 Å². The molecule has 1 aromatic carbocycles. The molecule has 0 spiro atoms. The van der Waals surface area contributed by atoms with Crippen LogP contribution in [0, 0.1) is 0 Å². The Hall–Kier alpha value is -1.13. The number of rotatable bonds is 3. The van der Waals surface area contributed by atoms with Gasteiger partial charge in [0.05, 0.1) is 5.49 Å². The quantitative estimate of drug-likeness (QED) is 0.774. The molecule has 1 aromatic rings. The molecule has 0 radical (unpaired) electrons. The van der Waals surface area contributed by atoms with E-state index in [1.165, 1.54) is 5.69 Å². The molecule has 0 amide bonds. The molecule has 3 nitrogen and oxygen atoms in total. The predicted molar refractivity (Wildman–Crippen MR) is 67.0 cm³/mol. The van der Waals surface area contributed by atoms with Crippen LogP contribution in [-0.4, -0.2) is 36.7 Å². The molecule has 1 aliphatic rings. The largest absolute Gasteiger partial charge is 0.369 e. The number of para-hydroxylation sites is 1. The van der Waals surface area contributed by atoms with Gasteiger partial charge in [-0.05, 0) is 12.1 Å². The van der Waals surface area contributed by atoms with Crippen molar-refractivity contribution >= 4 is 23.4 Å². The summed E-state index contributed by atoms with van der Waals surface area (Å²) in [7, 11) is 0. The molecule has 1 aliphatic heterocycles. The van der Waals surface area contributed by atoms with E-state index in [1.807, 2.05) is 6.07 Å². The van der Waals surface area contributed by atoms with Crippen molar-refractivity contribution < 1.29 is 0 Å². The molecule has 4 heteroatoms. The predicted octanol–water partition coefficient (Wildman–Crippen LogP) is 1.27. The monoisotopic (exact) mass is 221 g/mol. The molecular formula is C11H15N3S. The fourth-order valence-corrected chi connectivity index (χ4v) is 1.96. The van der Waals surface area contributed by atoms with Crippen LogP contribution in [0.3, 0.4) is 0 Å². The fourth-order valence-electron chi connectivity index (χ4n) is 1.81. The summed E-state index contributed by atoms with van der Waals surface area (Å²) in [6.45, 7) is 4.09. The zero-order valence-corrected chi connectivity index (χ0v) is 9.41. The first-order valence-corrected chi connectivity index (χ1v) is 5.62.